The van der Waals surface area contributed by atoms with Gasteiger partial charge in [0.15, 0.2) is 11.6 Å². The van der Waals surface area contributed by atoms with Gasteiger partial charge in [0, 0.05) is 10.9 Å². The highest BCUT2D eigenvalue weighted by Gasteiger charge is 2.13. The second kappa shape index (κ2) is 4.75. The van der Waals surface area contributed by atoms with Gasteiger partial charge in [0.05, 0.1) is 0 Å². The normalized spacial score (nSPS) is 12.9. The molecule has 0 saturated heterocycles. The van der Waals surface area contributed by atoms with E-state index < -0.39 is 11.6 Å². The minimum absolute atomic E-state index is 0.163. The fraction of sp³-hybridized carbons (Fsp3) is 0.400. The maximum atomic E-state index is 13.4. The first-order chi connectivity index (χ1) is 6.56. The molecule has 1 atom stereocenters. The molecule has 0 fully saturated rings. The van der Waals surface area contributed by atoms with Gasteiger partial charge in [0.2, 0.25) is 0 Å². The molecule has 14 heavy (non-hydrogen) atoms. The summed E-state index contributed by atoms with van der Waals surface area (Å²) in [5.41, 5.74) is 5.86. The molecule has 0 aliphatic carbocycles. The topological polar surface area (TPSA) is 26.0 Å². The van der Waals surface area contributed by atoms with E-state index in [0.717, 1.165) is 0 Å². The van der Waals surface area contributed by atoms with E-state index in [-0.39, 0.29) is 6.04 Å². The lowest BCUT2D eigenvalue weighted by molar-refractivity contribution is 0.479. The molecule has 1 unspecified atom stereocenters. The lowest BCUT2D eigenvalue weighted by Crippen LogP contribution is -2.18. The van der Waals surface area contributed by atoms with Crippen molar-refractivity contribution < 1.29 is 8.78 Å². The van der Waals surface area contributed by atoms with Crippen molar-refractivity contribution in [1.29, 1.82) is 0 Å². The van der Waals surface area contributed by atoms with Crippen LogP contribution in [-0.4, -0.2) is 12.3 Å². The largest absolute Gasteiger partial charge is 0.328 e. The van der Waals surface area contributed by atoms with E-state index in [0.29, 0.717) is 16.9 Å². The zero-order chi connectivity index (χ0) is 10.7. The number of benzene rings is 1. The Balaban J connectivity index is 3.04. The van der Waals surface area contributed by atoms with Gasteiger partial charge in [-0.3, -0.25) is 0 Å². The van der Waals surface area contributed by atoms with Gasteiger partial charge in [0.25, 0.3) is 0 Å². The predicted octanol–water partition coefficient (Wildman–Crippen LogP) is 2.58. The summed E-state index contributed by atoms with van der Waals surface area (Å²) in [6, 6.07) is 3.01. The highest BCUT2D eigenvalue weighted by molar-refractivity contribution is 7.98. The molecule has 1 rings (SSSR count). The van der Waals surface area contributed by atoms with Gasteiger partial charge in [-0.1, -0.05) is 6.07 Å². The van der Waals surface area contributed by atoms with E-state index in [1.807, 2.05) is 0 Å². The summed E-state index contributed by atoms with van der Waals surface area (Å²) in [6.45, 7) is 1.76. The van der Waals surface area contributed by atoms with Crippen LogP contribution in [0, 0.1) is 11.6 Å². The molecule has 0 bridgehead atoms. The fourth-order valence-corrected chi connectivity index (χ4v) is 1.71. The number of hydrogen-bond donors (Lipinski definition) is 1. The van der Waals surface area contributed by atoms with Crippen molar-refractivity contribution in [3.8, 4) is 0 Å². The van der Waals surface area contributed by atoms with Crippen molar-refractivity contribution in [2.45, 2.75) is 24.3 Å². The van der Waals surface area contributed by atoms with Crippen molar-refractivity contribution >= 4 is 11.8 Å². The third-order valence-electron chi connectivity index (χ3n) is 1.89. The Morgan fingerprint density at radius 2 is 2.00 bits per heavy atom. The second-order valence-corrected chi connectivity index (χ2v) is 4.08. The van der Waals surface area contributed by atoms with Crippen molar-refractivity contribution in [3.05, 3.63) is 29.3 Å². The van der Waals surface area contributed by atoms with Gasteiger partial charge in [-0.25, -0.2) is 8.78 Å². The highest BCUT2D eigenvalue weighted by atomic mass is 32.2. The Morgan fingerprint density at radius 3 is 2.50 bits per heavy atom. The minimum Gasteiger partial charge on any atom is -0.328 e. The first kappa shape index (κ1) is 11.5. The number of halogens is 2. The first-order valence-corrected chi connectivity index (χ1v) is 5.55. The Hall–Kier alpha value is -0.610. The molecule has 1 nitrogen and oxygen atoms in total. The van der Waals surface area contributed by atoms with Crippen LogP contribution in [0.1, 0.15) is 12.5 Å². The summed E-state index contributed by atoms with van der Waals surface area (Å²) in [5, 5.41) is 0. The first-order valence-electron chi connectivity index (χ1n) is 4.32. The summed E-state index contributed by atoms with van der Waals surface area (Å²) in [7, 11) is 0. The molecule has 0 aliphatic heterocycles. The van der Waals surface area contributed by atoms with Crippen LogP contribution in [0.4, 0.5) is 8.78 Å². The molecule has 2 N–H and O–H groups in total. The summed E-state index contributed by atoms with van der Waals surface area (Å²) in [6.07, 6.45) is 2.07. The van der Waals surface area contributed by atoms with E-state index in [9.17, 15) is 8.78 Å². The molecule has 0 aromatic heterocycles. The Morgan fingerprint density at radius 1 is 1.36 bits per heavy atom. The van der Waals surface area contributed by atoms with Gasteiger partial charge in [-0.05, 0) is 31.2 Å². The molecule has 0 aliphatic rings. The van der Waals surface area contributed by atoms with Gasteiger partial charge in [-0.2, -0.15) is 0 Å². The van der Waals surface area contributed by atoms with E-state index in [4.69, 9.17) is 5.73 Å². The molecule has 4 heteroatoms. The van der Waals surface area contributed by atoms with Gasteiger partial charge >= 0.3 is 0 Å². The van der Waals surface area contributed by atoms with Crippen molar-refractivity contribution in [2.24, 2.45) is 5.73 Å². The Bertz CT molecular complexity index is 326. The second-order valence-electron chi connectivity index (χ2n) is 3.24. The lowest BCUT2D eigenvalue weighted by Gasteiger charge is -2.08. The number of thioether (sulfide) groups is 1. The predicted molar refractivity (Wildman–Crippen MR) is 55.5 cm³/mol. The van der Waals surface area contributed by atoms with Crippen molar-refractivity contribution in [3.63, 3.8) is 0 Å². The summed E-state index contributed by atoms with van der Waals surface area (Å²) < 4.78 is 26.6. The van der Waals surface area contributed by atoms with Crippen LogP contribution in [0.25, 0.3) is 0 Å². The molecule has 0 radical (unpaired) electrons. The molecular weight excluding hydrogens is 204 g/mol. The van der Waals surface area contributed by atoms with Gasteiger partial charge < -0.3 is 5.73 Å². The molecule has 0 heterocycles. The SMILES string of the molecule is CSc1ccc(CC(C)N)c(F)c1F. The van der Waals surface area contributed by atoms with Gasteiger partial charge in [-0.15, -0.1) is 11.8 Å². The zero-order valence-corrected chi connectivity index (χ0v) is 9.00. The maximum Gasteiger partial charge on any atom is 0.172 e. The molecule has 0 saturated carbocycles. The number of nitrogens with two attached hydrogens (primary N) is 1. The molecule has 78 valence electrons. The number of rotatable bonds is 3. The van der Waals surface area contributed by atoms with Crippen LogP contribution < -0.4 is 5.73 Å². The molecule has 1 aromatic rings. The molecular formula is C10H13F2NS. The van der Waals surface area contributed by atoms with Crippen LogP contribution in [0.5, 0.6) is 0 Å². The average Bonchev–Trinajstić information content (AvgIpc) is 2.13. The average molecular weight is 217 g/mol. The quantitative estimate of drug-likeness (QED) is 0.787. The van der Waals surface area contributed by atoms with Crippen LogP contribution in [-0.2, 0) is 6.42 Å². The summed E-state index contributed by atoms with van der Waals surface area (Å²) >= 11 is 1.19. The summed E-state index contributed by atoms with van der Waals surface area (Å²) in [4.78, 5) is 0.330. The minimum atomic E-state index is -0.769. The highest BCUT2D eigenvalue weighted by Crippen LogP contribution is 2.24. The molecule has 0 spiro atoms. The van der Waals surface area contributed by atoms with Crippen molar-refractivity contribution in [2.75, 3.05) is 6.26 Å². The lowest BCUT2D eigenvalue weighted by atomic mass is 10.1. The number of hydrogen-bond acceptors (Lipinski definition) is 2. The van der Waals surface area contributed by atoms with Crippen LogP contribution >= 0.6 is 11.8 Å². The zero-order valence-electron chi connectivity index (χ0n) is 8.18. The monoisotopic (exact) mass is 217 g/mol. The van der Waals surface area contributed by atoms with E-state index in [1.165, 1.54) is 11.8 Å². The Kier molecular flexibility index (Phi) is 3.89. The smallest absolute Gasteiger partial charge is 0.172 e. The van der Waals surface area contributed by atoms with Crippen LogP contribution in [0.2, 0.25) is 0 Å². The molecule has 1 aromatic carbocycles. The summed E-state index contributed by atoms with van der Waals surface area (Å²) in [5.74, 6) is -1.54. The maximum absolute atomic E-state index is 13.4. The van der Waals surface area contributed by atoms with E-state index in [1.54, 1.807) is 25.3 Å². The van der Waals surface area contributed by atoms with Crippen LogP contribution in [0.3, 0.4) is 0 Å². The third kappa shape index (κ3) is 2.45. The third-order valence-corrected chi connectivity index (χ3v) is 2.64. The van der Waals surface area contributed by atoms with E-state index >= 15 is 0 Å². The fourth-order valence-electron chi connectivity index (χ4n) is 1.23. The van der Waals surface area contributed by atoms with Crippen molar-refractivity contribution in [1.82, 2.24) is 0 Å². The van der Waals surface area contributed by atoms with Gasteiger partial charge in [0.1, 0.15) is 0 Å². The standard InChI is InChI=1S/C10H13F2NS/c1-6(13)5-7-3-4-8(14-2)10(12)9(7)11/h3-4,6H,5,13H2,1-2H3. The molecule has 0 amide bonds. The Labute approximate surface area is 86.7 Å². The van der Waals surface area contributed by atoms with Crippen LogP contribution in [0.15, 0.2) is 17.0 Å². The van der Waals surface area contributed by atoms with E-state index in [2.05, 4.69) is 0 Å².